The van der Waals surface area contributed by atoms with Crippen molar-refractivity contribution >= 4 is 40.7 Å². The molecule has 5 nitrogen and oxygen atoms in total. The molecular formula is C21H19Cl2NO4. The van der Waals surface area contributed by atoms with Crippen molar-refractivity contribution in [3.8, 4) is 0 Å². The maximum Gasteiger partial charge on any atom is 0.295 e. The molecule has 0 bridgehead atoms. The molecule has 7 heteroatoms. The fourth-order valence-electron chi connectivity index (χ4n) is 3.30. The van der Waals surface area contributed by atoms with E-state index in [1.165, 1.54) is 17.9 Å². The van der Waals surface area contributed by atoms with Crippen LogP contribution in [0.25, 0.3) is 5.76 Å². The number of carbonyl (C=O) groups excluding carboxylic acids is 2. The van der Waals surface area contributed by atoms with Crippen molar-refractivity contribution in [3.05, 3.63) is 74.8 Å². The largest absolute Gasteiger partial charge is 0.507 e. The average molecular weight is 420 g/mol. The van der Waals surface area contributed by atoms with Gasteiger partial charge in [-0.1, -0.05) is 53.0 Å². The Morgan fingerprint density at radius 2 is 1.68 bits per heavy atom. The molecule has 146 valence electrons. The van der Waals surface area contributed by atoms with Crippen LogP contribution >= 0.6 is 23.2 Å². The lowest BCUT2D eigenvalue weighted by molar-refractivity contribution is -0.140. The molecule has 1 aliphatic rings. The number of ketones is 1. The monoisotopic (exact) mass is 419 g/mol. The highest BCUT2D eigenvalue weighted by Crippen LogP contribution is 2.41. The molecule has 0 spiro atoms. The minimum absolute atomic E-state index is 0.0622. The van der Waals surface area contributed by atoms with Gasteiger partial charge >= 0.3 is 0 Å². The lowest BCUT2D eigenvalue weighted by Crippen LogP contribution is -2.35. The number of aryl methyl sites for hydroxylation is 1. The van der Waals surface area contributed by atoms with Crippen LogP contribution in [0.4, 0.5) is 0 Å². The molecule has 1 heterocycles. The Morgan fingerprint density at radius 3 is 2.21 bits per heavy atom. The summed E-state index contributed by atoms with van der Waals surface area (Å²) in [6.45, 7) is 3.34. The SMILES string of the molecule is Cc1ccc(C(O)=C2C(=O)C(=O)N(CC(C)O)C2c2cc(Cl)cc(Cl)c2)cc1. The van der Waals surface area contributed by atoms with Gasteiger partial charge in [-0.2, -0.15) is 0 Å². The van der Waals surface area contributed by atoms with Crippen molar-refractivity contribution in [2.24, 2.45) is 0 Å². The van der Waals surface area contributed by atoms with Crippen molar-refractivity contribution < 1.29 is 19.8 Å². The molecule has 1 fully saturated rings. The van der Waals surface area contributed by atoms with Crippen molar-refractivity contribution in [3.63, 3.8) is 0 Å². The van der Waals surface area contributed by atoms with E-state index in [1.54, 1.807) is 36.4 Å². The van der Waals surface area contributed by atoms with Gasteiger partial charge in [-0.3, -0.25) is 9.59 Å². The predicted molar refractivity (Wildman–Crippen MR) is 108 cm³/mol. The van der Waals surface area contributed by atoms with Crippen molar-refractivity contribution in [2.45, 2.75) is 26.0 Å². The van der Waals surface area contributed by atoms with Crippen LogP contribution in [0.2, 0.25) is 10.0 Å². The molecule has 2 aromatic carbocycles. The average Bonchev–Trinajstić information content (AvgIpc) is 2.85. The molecule has 3 rings (SSSR count). The topological polar surface area (TPSA) is 77.8 Å². The van der Waals surface area contributed by atoms with E-state index in [1.807, 2.05) is 6.92 Å². The highest BCUT2D eigenvalue weighted by molar-refractivity contribution is 6.46. The molecule has 0 aliphatic carbocycles. The van der Waals surface area contributed by atoms with Gasteiger partial charge in [0.1, 0.15) is 5.76 Å². The van der Waals surface area contributed by atoms with Gasteiger partial charge < -0.3 is 15.1 Å². The maximum atomic E-state index is 12.8. The van der Waals surface area contributed by atoms with E-state index in [0.29, 0.717) is 21.2 Å². The van der Waals surface area contributed by atoms with Crippen LogP contribution in [0.5, 0.6) is 0 Å². The molecule has 2 atom stereocenters. The zero-order valence-electron chi connectivity index (χ0n) is 15.3. The molecule has 0 saturated carbocycles. The van der Waals surface area contributed by atoms with Crippen molar-refractivity contribution in [2.75, 3.05) is 6.54 Å². The van der Waals surface area contributed by atoms with Gasteiger partial charge in [0, 0.05) is 22.2 Å². The minimum Gasteiger partial charge on any atom is -0.507 e. The van der Waals surface area contributed by atoms with E-state index >= 15 is 0 Å². The summed E-state index contributed by atoms with van der Waals surface area (Å²) in [6.07, 6.45) is -0.866. The fraction of sp³-hybridized carbons (Fsp3) is 0.238. The molecule has 1 saturated heterocycles. The van der Waals surface area contributed by atoms with E-state index in [4.69, 9.17) is 23.2 Å². The first-order valence-corrected chi connectivity index (χ1v) is 9.44. The highest BCUT2D eigenvalue weighted by atomic mass is 35.5. The van der Waals surface area contributed by atoms with Gasteiger partial charge in [0.15, 0.2) is 0 Å². The zero-order valence-corrected chi connectivity index (χ0v) is 16.8. The molecule has 2 N–H and O–H groups in total. The van der Waals surface area contributed by atoms with Gasteiger partial charge in [-0.15, -0.1) is 0 Å². The van der Waals surface area contributed by atoms with Gasteiger partial charge in [-0.05, 0) is 37.6 Å². The number of hydrogen-bond acceptors (Lipinski definition) is 4. The number of aliphatic hydroxyl groups is 2. The summed E-state index contributed by atoms with van der Waals surface area (Å²) in [7, 11) is 0. The van der Waals surface area contributed by atoms with Crippen LogP contribution in [-0.4, -0.2) is 39.5 Å². The van der Waals surface area contributed by atoms with Crippen LogP contribution in [-0.2, 0) is 9.59 Å². The number of aliphatic hydroxyl groups excluding tert-OH is 2. The van der Waals surface area contributed by atoms with E-state index < -0.39 is 23.8 Å². The van der Waals surface area contributed by atoms with E-state index in [0.717, 1.165) is 5.56 Å². The number of benzene rings is 2. The molecule has 0 radical (unpaired) electrons. The molecule has 2 aromatic rings. The van der Waals surface area contributed by atoms with E-state index in [9.17, 15) is 19.8 Å². The number of likely N-dealkylation sites (tertiary alicyclic amines) is 1. The summed E-state index contributed by atoms with van der Waals surface area (Å²) >= 11 is 12.2. The van der Waals surface area contributed by atoms with E-state index in [-0.39, 0.29) is 17.9 Å². The first kappa shape index (κ1) is 20.4. The minimum atomic E-state index is -0.910. The number of β-amino-alcohol motifs (C(OH)–C–C–N with tert-alkyl or cyclic N) is 1. The normalized spacial score (nSPS) is 19.9. The lowest BCUT2D eigenvalue weighted by atomic mass is 9.95. The van der Waals surface area contributed by atoms with Crippen LogP contribution in [0.3, 0.4) is 0 Å². The summed E-state index contributed by atoms with van der Waals surface area (Å²) in [6, 6.07) is 10.7. The van der Waals surface area contributed by atoms with Crippen LogP contribution in [0.15, 0.2) is 48.0 Å². The summed E-state index contributed by atoms with van der Waals surface area (Å²) < 4.78 is 0. The smallest absolute Gasteiger partial charge is 0.295 e. The summed E-state index contributed by atoms with van der Waals surface area (Å²) in [5.74, 6) is -1.90. The summed E-state index contributed by atoms with van der Waals surface area (Å²) in [4.78, 5) is 26.7. The summed E-state index contributed by atoms with van der Waals surface area (Å²) in [5.41, 5.74) is 1.82. The quantitative estimate of drug-likeness (QED) is 0.444. The number of hydrogen-bond donors (Lipinski definition) is 2. The second kappa shape index (κ2) is 7.95. The maximum absolute atomic E-state index is 12.8. The fourth-order valence-corrected chi connectivity index (χ4v) is 3.84. The van der Waals surface area contributed by atoms with Gasteiger partial charge in [0.2, 0.25) is 0 Å². The molecule has 28 heavy (non-hydrogen) atoms. The Kier molecular flexibility index (Phi) is 5.79. The second-order valence-electron chi connectivity index (χ2n) is 6.87. The third kappa shape index (κ3) is 3.92. The number of amides is 1. The third-order valence-corrected chi connectivity index (χ3v) is 4.96. The van der Waals surface area contributed by atoms with Gasteiger partial charge in [0.05, 0.1) is 17.7 Å². The lowest BCUT2D eigenvalue weighted by Gasteiger charge is -2.26. The number of rotatable bonds is 4. The second-order valence-corrected chi connectivity index (χ2v) is 7.74. The van der Waals surface area contributed by atoms with Crippen LogP contribution in [0.1, 0.15) is 29.7 Å². The molecule has 0 aromatic heterocycles. The van der Waals surface area contributed by atoms with Gasteiger partial charge in [-0.25, -0.2) is 0 Å². The Bertz CT molecular complexity index is 947. The Morgan fingerprint density at radius 1 is 1.11 bits per heavy atom. The van der Waals surface area contributed by atoms with Crippen LogP contribution in [0, 0.1) is 6.92 Å². The standard InChI is InChI=1S/C21H19Cl2NO4/c1-11-3-5-13(6-4-11)19(26)17-18(14-7-15(22)9-16(23)8-14)24(10-12(2)25)21(28)20(17)27/h3-9,12,18,25-26H,10H2,1-2H3. The number of carbonyl (C=O) groups is 2. The van der Waals surface area contributed by atoms with E-state index in [2.05, 4.69) is 0 Å². The first-order valence-electron chi connectivity index (χ1n) is 8.68. The third-order valence-electron chi connectivity index (χ3n) is 4.53. The first-order chi connectivity index (χ1) is 13.2. The predicted octanol–water partition coefficient (Wildman–Crippen LogP) is 4.10. The highest BCUT2D eigenvalue weighted by Gasteiger charge is 2.46. The molecule has 1 aliphatic heterocycles. The number of halogens is 2. The van der Waals surface area contributed by atoms with Crippen molar-refractivity contribution in [1.82, 2.24) is 4.90 Å². The van der Waals surface area contributed by atoms with Crippen LogP contribution < -0.4 is 0 Å². The summed E-state index contributed by atoms with van der Waals surface area (Å²) in [5, 5.41) is 21.4. The van der Waals surface area contributed by atoms with Crippen molar-refractivity contribution in [1.29, 1.82) is 0 Å². The zero-order chi connectivity index (χ0) is 20.6. The molecule has 1 amide bonds. The Hall–Kier alpha value is -2.34. The Balaban J connectivity index is 2.22. The Labute approximate surface area is 172 Å². The number of nitrogens with zero attached hydrogens (tertiary/aromatic N) is 1. The number of Topliss-reactive ketones (excluding diaryl/α,β-unsaturated/α-hetero) is 1. The van der Waals surface area contributed by atoms with Gasteiger partial charge in [0.25, 0.3) is 11.7 Å². The molecular weight excluding hydrogens is 401 g/mol. The molecule has 2 unspecified atom stereocenters.